The van der Waals surface area contributed by atoms with Crippen LogP contribution >= 0.6 is 0 Å². The molecule has 1 atom stereocenters. The van der Waals surface area contributed by atoms with Crippen LogP contribution in [-0.4, -0.2) is 48.1 Å². The Labute approximate surface area is 145 Å². The minimum absolute atomic E-state index is 0.374. The number of H-pyrrole nitrogens is 1. The van der Waals surface area contributed by atoms with E-state index in [4.69, 9.17) is 10.5 Å². The number of ether oxygens (including phenoxy) is 1. The fourth-order valence-corrected chi connectivity index (χ4v) is 3.17. The van der Waals surface area contributed by atoms with Crippen molar-refractivity contribution in [2.75, 3.05) is 20.2 Å². The Morgan fingerprint density at radius 2 is 2.20 bits per heavy atom. The number of urea groups is 1. The number of carbonyl (C=O) groups excluding carboxylic acids is 2. The standard InChI is InChI=1S/C18H22N4O3/c1-11(17(23)21-18(19)24)22-7-5-12(6-8-22)15-10-20-16-4-3-13(25-2)9-14(15)16/h3-5,9-11,20H,6-8H2,1-2H3,(H3,19,21,23,24)/t11-/m0/s1. The summed E-state index contributed by atoms with van der Waals surface area (Å²) < 4.78 is 5.32. The summed E-state index contributed by atoms with van der Waals surface area (Å²) in [5.41, 5.74) is 8.46. The number of rotatable bonds is 4. The van der Waals surface area contributed by atoms with E-state index >= 15 is 0 Å². The van der Waals surface area contributed by atoms with Gasteiger partial charge in [-0.15, -0.1) is 0 Å². The highest BCUT2D eigenvalue weighted by Gasteiger charge is 2.24. The van der Waals surface area contributed by atoms with Crippen LogP contribution in [0.5, 0.6) is 5.75 Å². The number of nitrogens with two attached hydrogens (primary N) is 1. The predicted molar refractivity (Wildman–Crippen MR) is 96.2 cm³/mol. The average Bonchev–Trinajstić information content (AvgIpc) is 3.03. The molecule has 0 radical (unpaired) electrons. The first kappa shape index (κ1) is 17.0. The first-order chi connectivity index (χ1) is 12.0. The Kier molecular flexibility index (Phi) is 4.76. The van der Waals surface area contributed by atoms with Gasteiger partial charge in [-0.3, -0.25) is 15.0 Å². The number of nitrogens with zero attached hydrogens (tertiary/aromatic N) is 1. The van der Waals surface area contributed by atoms with Gasteiger partial charge in [0.25, 0.3) is 0 Å². The number of aromatic nitrogens is 1. The van der Waals surface area contributed by atoms with Gasteiger partial charge in [-0.25, -0.2) is 4.79 Å². The molecule has 0 spiro atoms. The number of nitrogens with one attached hydrogen (secondary N) is 2. The van der Waals surface area contributed by atoms with E-state index in [2.05, 4.69) is 16.4 Å². The molecule has 132 valence electrons. The van der Waals surface area contributed by atoms with Crippen LogP contribution in [-0.2, 0) is 4.79 Å². The molecule has 25 heavy (non-hydrogen) atoms. The number of methoxy groups -OCH3 is 1. The van der Waals surface area contributed by atoms with Crippen molar-refractivity contribution in [3.05, 3.63) is 36.0 Å². The zero-order chi connectivity index (χ0) is 18.0. The lowest BCUT2D eigenvalue weighted by Gasteiger charge is -2.30. The van der Waals surface area contributed by atoms with Crippen molar-refractivity contribution in [1.29, 1.82) is 0 Å². The average molecular weight is 342 g/mol. The van der Waals surface area contributed by atoms with Gasteiger partial charge < -0.3 is 15.5 Å². The third-order valence-electron chi connectivity index (χ3n) is 4.65. The lowest BCUT2D eigenvalue weighted by molar-refractivity contribution is -0.124. The summed E-state index contributed by atoms with van der Waals surface area (Å²) in [7, 11) is 1.66. The largest absolute Gasteiger partial charge is 0.497 e. The third-order valence-corrected chi connectivity index (χ3v) is 4.65. The van der Waals surface area contributed by atoms with Gasteiger partial charge in [-0.2, -0.15) is 0 Å². The number of aromatic amines is 1. The van der Waals surface area contributed by atoms with Crippen LogP contribution in [0.1, 0.15) is 18.9 Å². The first-order valence-corrected chi connectivity index (χ1v) is 8.18. The van der Waals surface area contributed by atoms with Crippen molar-refractivity contribution < 1.29 is 14.3 Å². The summed E-state index contributed by atoms with van der Waals surface area (Å²) in [5, 5.41) is 3.26. The minimum atomic E-state index is -0.821. The number of amides is 3. The molecular formula is C18H22N4O3. The molecule has 7 nitrogen and oxygen atoms in total. The maximum Gasteiger partial charge on any atom is 0.318 e. The van der Waals surface area contributed by atoms with Gasteiger partial charge in [0.15, 0.2) is 0 Å². The Morgan fingerprint density at radius 1 is 1.40 bits per heavy atom. The normalized spacial score (nSPS) is 16.3. The second kappa shape index (κ2) is 6.98. The number of fused-ring (bicyclic) bond motifs is 1. The van der Waals surface area contributed by atoms with Crippen LogP contribution in [0.3, 0.4) is 0 Å². The van der Waals surface area contributed by atoms with Crippen LogP contribution in [0.25, 0.3) is 16.5 Å². The zero-order valence-corrected chi connectivity index (χ0v) is 14.3. The topological polar surface area (TPSA) is 100 Å². The summed E-state index contributed by atoms with van der Waals surface area (Å²) in [4.78, 5) is 28.0. The van der Waals surface area contributed by atoms with Crippen LogP contribution in [0, 0.1) is 0 Å². The summed E-state index contributed by atoms with van der Waals surface area (Å²) in [6.07, 6.45) is 4.95. The lowest BCUT2D eigenvalue weighted by Crippen LogP contribution is -2.49. The molecule has 3 amide bonds. The third kappa shape index (κ3) is 3.51. The molecule has 0 saturated carbocycles. The molecule has 3 rings (SSSR count). The second-order valence-corrected chi connectivity index (χ2v) is 6.12. The maximum atomic E-state index is 11.9. The van der Waals surface area contributed by atoms with Gasteiger partial charge in [-0.05, 0) is 37.1 Å². The van der Waals surface area contributed by atoms with Crippen molar-refractivity contribution >= 4 is 28.4 Å². The van der Waals surface area contributed by atoms with Crippen LogP contribution in [0.2, 0.25) is 0 Å². The molecule has 1 aliphatic heterocycles. The van der Waals surface area contributed by atoms with Crippen LogP contribution in [0.4, 0.5) is 4.79 Å². The van der Waals surface area contributed by atoms with Crippen molar-refractivity contribution in [1.82, 2.24) is 15.2 Å². The molecule has 4 N–H and O–H groups in total. The Bertz CT molecular complexity index is 840. The quantitative estimate of drug-likeness (QED) is 0.789. The number of hydrogen-bond donors (Lipinski definition) is 3. The Hall–Kier alpha value is -2.80. The number of benzene rings is 1. The monoisotopic (exact) mass is 342 g/mol. The smallest absolute Gasteiger partial charge is 0.318 e. The van der Waals surface area contributed by atoms with Crippen LogP contribution < -0.4 is 15.8 Å². The van der Waals surface area contributed by atoms with E-state index in [0.717, 1.165) is 35.2 Å². The SMILES string of the molecule is COc1ccc2[nH]cc(C3=CCN([C@@H](C)C(=O)NC(N)=O)CC3)c2c1. The lowest BCUT2D eigenvalue weighted by atomic mass is 9.98. The van der Waals surface area contributed by atoms with Crippen molar-refractivity contribution in [2.45, 2.75) is 19.4 Å². The number of hydrogen-bond acceptors (Lipinski definition) is 4. The van der Waals surface area contributed by atoms with E-state index < -0.39 is 12.1 Å². The molecular weight excluding hydrogens is 320 g/mol. The van der Waals surface area contributed by atoms with Gasteiger partial charge >= 0.3 is 6.03 Å². The number of carbonyl (C=O) groups is 2. The fraction of sp³-hybridized carbons (Fsp3) is 0.333. The second-order valence-electron chi connectivity index (χ2n) is 6.12. The molecule has 1 aromatic heterocycles. The van der Waals surface area contributed by atoms with Gasteiger partial charge in [0, 0.05) is 35.8 Å². The first-order valence-electron chi connectivity index (χ1n) is 8.18. The molecule has 0 unspecified atom stereocenters. The highest BCUT2D eigenvalue weighted by Crippen LogP contribution is 2.31. The van der Waals surface area contributed by atoms with E-state index in [9.17, 15) is 9.59 Å². The molecule has 1 aliphatic rings. The molecule has 2 aromatic rings. The van der Waals surface area contributed by atoms with E-state index in [0.29, 0.717) is 6.54 Å². The van der Waals surface area contributed by atoms with Crippen molar-refractivity contribution in [2.24, 2.45) is 5.73 Å². The van der Waals surface area contributed by atoms with E-state index in [1.807, 2.05) is 29.3 Å². The Balaban J connectivity index is 1.77. The zero-order valence-electron chi connectivity index (χ0n) is 14.3. The molecule has 0 bridgehead atoms. The van der Waals surface area contributed by atoms with Gasteiger partial charge in [0.1, 0.15) is 5.75 Å². The molecule has 2 heterocycles. The summed E-state index contributed by atoms with van der Waals surface area (Å²) in [6, 6.07) is 4.73. The highest BCUT2D eigenvalue weighted by molar-refractivity contribution is 5.96. The summed E-state index contributed by atoms with van der Waals surface area (Å²) in [5.74, 6) is 0.448. The number of imide groups is 1. The molecule has 7 heteroatoms. The molecule has 1 aromatic carbocycles. The predicted octanol–water partition coefficient (Wildman–Crippen LogP) is 1.85. The minimum Gasteiger partial charge on any atom is -0.497 e. The number of primary amides is 1. The van der Waals surface area contributed by atoms with Crippen molar-refractivity contribution in [3.8, 4) is 5.75 Å². The van der Waals surface area contributed by atoms with E-state index in [1.165, 1.54) is 5.57 Å². The van der Waals surface area contributed by atoms with Crippen LogP contribution in [0.15, 0.2) is 30.5 Å². The van der Waals surface area contributed by atoms with E-state index in [-0.39, 0.29) is 5.91 Å². The highest BCUT2D eigenvalue weighted by atomic mass is 16.5. The molecule has 0 saturated heterocycles. The summed E-state index contributed by atoms with van der Waals surface area (Å²) >= 11 is 0. The maximum absolute atomic E-state index is 11.9. The van der Waals surface area contributed by atoms with Crippen molar-refractivity contribution in [3.63, 3.8) is 0 Å². The van der Waals surface area contributed by atoms with Gasteiger partial charge in [-0.1, -0.05) is 6.08 Å². The fourth-order valence-electron chi connectivity index (χ4n) is 3.17. The summed E-state index contributed by atoms with van der Waals surface area (Å²) in [6.45, 7) is 3.14. The van der Waals surface area contributed by atoms with E-state index in [1.54, 1.807) is 14.0 Å². The molecule has 0 fully saturated rings. The van der Waals surface area contributed by atoms with Gasteiger partial charge in [0.2, 0.25) is 5.91 Å². The Morgan fingerprint density at radius 3 is 2.84 bits per heavy atom. The molecule has 0 aliphatic carbocycles. The van der Waals surface area contributed by atoms with Gasteiger partial charge in [0.05, 0.1) is 13.2 Å².